The van der Waals surface area contributed by atoms with Crippen molar-refractivity contribution in [3.05, 3.63) is 53.1 Å². The lowest BCUT2D eigenvalue weighted by Crippen LogP contribution is -1.96. The fourth-order valence-electron chi connectivity index (χ4n) is 1.94. The number of nitrogens with zero attached hydrogens (tertiary/aromatic N) is 2. The van der Waals surface area contributed by atoms with Crippen LogP contribution in [0.4, 0.5) is 0 Å². The third kappa shape index (κ3) is 2.32. The highest BCUT2D eigenvalue weighted by molar-refractivity contribution is 5.33. The van der Waals surface area contributed by atoms with Crippen molar-refractivity contribution in [2.45, 2.75) is 26.7 Å². The zero-order valence-electron chi connectivity index (χ0n) is 10.2. The van der Waals surface area contributed by atoms with Crippen molar-refractivity contribution in [2.75, 3.05) is 0 Å². The first kappa shape index (κ1) is 10.9. The molecule has 2 rings (SSSR count). The van der Waals surface area contributed by atoms with Crippen molar-refractivity contribution in [1.82, 2.24) is 9.55 Å². The molecule has 0 saturated heterocycles. The molecule has 0 fully saturated rings. The minimum absolute atomic E-state index is 1.02. The summed E-state index contributed by atoms with van der Waals surface area (Å²) in [5.41, 5.74) is 5.39. The van der Waals surface area contributed by atoms with Gasteiger partial charge in [0.2, 0.25) is 0 Å². The van der Waals surface area contributed by atoms with Crippen molar-refractivity contribution in [3.8, 4) is 0 Å². The summed E-state index contributed by atoms with van der Waals surface area (Å²) in [7, 11) is 2.01. The van der Waals surface area contributed by atoms with Crippen LogP contribution in [0.2, 0.25) is 0 Å². The molecule has 0 spiro atoms. The van der Waals surface area contributed by atoms with Gasteiger partial charge in [0.05, 0.1) is 12.0 Å². The minimum atomic E-state index is 1.02. The van der Waals surface area contributed by atoms with Crippen LogP contribution >= 0.6 is 0 Å². The van der Waals surface area contributed by atoms with Gasteiger partial charge >= 0.3 is 0 Å². The highest BCUT2D eigenvalue weighted by Crippen LogP contribution is 2.14. The van der Waals surface area contributed by atoms with Gasteiger partial charge in [0.15, 0.2) is 0 Å². The Kier molecular flexibility index (Phi) is 3.09. The van der Waals surface area contributed by atoms with E-state index >= 15 is 0 Å². The highest BCUT2D eigenvalue weighted by Gasteiger charge is 2.02. The Balaban J connectivity index is 2.07. The second-order valence-electron chi connectivity index (χ2n) is 4.39. The zero-order valence-corrected chi connectivity index (χ0v) is 10.2. The average molecular weight is 214 g/mol. The molecule has 2 nitrogen and oxygen atoms in total. The molecule has 84 valence electrons. The van der Waals surface area contributed by atoms with Crippen molar-refractivity contribution >= 4 is 0 Å². The molecule has 0 saturated carbocycles. The number of benzene rings is 1. The number of hydrogen-bond acceptors (Lipinski definition) is 1. The highest BCUT2D eigenvalue weighted by atomic mass is 15.0. The van der Waals surface area contributed by atoms with Crippen LogP contribution < -0.4 is 0 Å². The summed E-state index contributed by atoms with van der Waals surface area (Å²) in [6.45, 7) is 4.36. The largest absolute Gasteiger partial charge is 0.340 e. The summed E-state index contributed by atoms with van der Waals surface area (Å²) >= 11 is 0. The van der Waals surface area contributed by atoms with Gasteiger partial charge in [-0.15, -0.1) is 0 Å². The molecule has 2 heteroatoms. The van der Waals surface area contributed by atoms with Crippen LogP contribution in [-0.2, 0) is 19.9 Å². The summed E-state index contributed by atoms with van der Waals surface area (Å²) in [6.07, 6.45) is 6.04. The quantitative estimate of drug-likeness (QED) is 0.768. The molecule has 0 bridgehead atoms. The molecular weight excluding hydrogens is 196 g/mol. The van der Waals surface area contributed by atoms with E-state index in [2.05, 4.69) is 43.2 Å². The molecule has 2 aromatic rings. The van der Waals surface area contributed by atoms with Crippen LogP contribution in [0.5, 0.6) is 0 Å². The van der Waals surface area contributed by atoms with Crippen molar-refractivity contribution in [1.29, 1.82) is 0 Å². The van der Waals surface area contributed by atoms with E-state index in [1.165, 1.54) is 22.4 Å². The smallest absolute Gasteiger partial charge is 0.0946 e. The van der Waals surface area contributed by atoms with E-state index in [0.29, 0.717) is 0 Å². The van der Waals surface area contributed by atoms with Crippen molar-refractivity contribution in [3.63, 3.8) is 0 Å². The van der Waals surface area contributed by atoms with E-state index < -0.39 is 0 Å². The third-order valence-electron chi connectivity index (χ3n) is 3.13. The summed E-state index contributed by atoms with van der Waals surface area (Å²) in [4.78, 5) is 4.35. The number of aryl methyl sites for hydroxylation is 4. The van der Waals surface area contributed by atoms with Crippen molar-refractivity contribution < 1.29 is 0 Å². The number of imidazole rings is 1. The minimum Gasteiger partial charge on any atom is -0.340 e. The molecule has 0 N–H and O–H groups in total. The molecule has 0 aliphatic heterocycles. The maximum Gasteiger partial charge on any atom is 0.0946 e. The topological polar surface area (TPSA) is 17.8 Å². The maximum atomic E-state index is 4.35. The molecule has 0 atom stereocenters. The Morgan fingerprint density at radius 2 is 2.00 bits per heavy atom. The predicted octanol–water partition coefficient (Wildman–Crippen LogP) is 2.82. The first-order chi connectivity index (χ1) is 7.66. The number of hydrogen-bond donors (Lipinski definition) is 0. The monoisotopic (exact) mass is 214 g/mol. The maximum absolute atomic E-state index is 4.35. The van der Waals surface area contributed by atoms with E-state index in [9.17, 15) is 0 Å². The van der Waals surface area contributed by atoms with Gasteiger partial charge < -0.3 is 4.57 Å². The third-order valence-corrected chi connectivity index (χ3v) is 3.13. The molecule has 0 radical (unpaired) electrons. The molecule has 0 amide bonds. The van der Waals surface area contributed by atoms with E-state index in [-0.39, 0.29) is 0 Å². The van der Waals surface area contributed by atoms with Crippen LogP contribution in [0, 0.1) is 13.8 Å². The van der Waals surface area contributed by atoms with Gasteiger partial charge in [-0.25, -0.2) is 4.98 Å². The summed E-state index contributed by atoms with van der Waals surface area (Å²) in [6, 6.07) is 6.51. The van der Waals surface area contributed by atoms with E-state index in [4.69, 9.17) is 0 Å². The molecule has 0 unspecified atom stereocenters. The molecule has 1 aromatic heterocycles. The lowest BCUT2D eigenvalue weighted by atomic mass is 9.99. The Hall–Kier alpha value is -1.57. The molecule has 0 aliphatic carbocycles. The van der Waals surface area contributed by atoms with Gasteiger partial charge in [-0.3, -0.25) is 0 Å². The Bertz CT molecular complexity index is 483. The van der Waals surface area contributed by atoms with Crippen LogP contribution in [-0.4, -0.2) is 9.55 Å². The Morgan fingerprint density at radius 3 is 2.69 bits per heavy atom. The van der Waals surface area contributed by atoms with Crippen LogP contribution in [0.25, 0.3) is 0 Å². The summed E-state index contributed by atoms with van der Waals surface area (Å²) in [5, 5.41) is 0. The Labute approximate surface area is 97.0 Å². The van der Waals surface area contributed by atoms with Gasteiger partial charge in [0, 0.05) is 13.2 Å². The van der Waals surface area contributed by atoms with Crippen molar-refractivity contribution in [2.24, 2.45) is 7.05 Å². The van der Waals surface area contributed by atoms with Gasteiger partial charge in [-0.1, -0.05) is 18.2 Å². The molecule has 1 heterocycles. The van der Waals surface area contributed by atoms with Gasteiger partial charge in [-0.05, 0) is 43.4 Å². The fourth-order valence-corrected chi connectivity index (χ4v) is 1.94. The van der Waals surface area contributed by atoms with Gasteiger partial charge in [0.25, 0.3) is 0 Å². The molecule has 0 aliphatic rings. The molecule has 16 heavy (non-hydrogen) atoms. The summed E-state index contributed by atoms with van der Waals surface area (Å²) < 4.78 is 2.00. The number of aromatic nitrogens is 2. The van der Waals surface area contributed by atoms with E-state index in [1.807, 2.05) is 17.9 Å². The van der Waals surface area contributed by atoms with E-state index in [0.717, 1.165) is 12.8 Å². The first-order valence-corrected chi connectivity index (χ1v) is 5.69. The SMILES string of the molecule is Cc1cccc(CCc2cn(C)cn2)c1C. The van der Waals surface area contributed by atoms with Crippen LogP contribution in [0.3, 0.4) is 0 Å². The van der Waals surface area contributed by atoms with Crippen LogP contribution in [0.1, 0.15) is 22.4 Å². The Morgan fingerprint density at radius 1 is 1.19 bits per heavy atom. The van der Waals surface area contributed by atoms with Gasteiger partial charge in [-0.2, -0.15) is 0 Å². The second kappa shape index (κ2) is 4.52. The first-order valence-electron chi connectivity index (χ1n) is 5.69. The summed E-state index contributed by atoms with van der Waals surface area (Å²) in [5.74, 6) is 0. The standard InChI is InChI=1S/C14H18N2/c1-11-5-4-6-13(12(11)2)7-8-14-9-16(3)10-15-14/h4-6,9-10H,7-8H2,1-3H3. The normalized spacial score (nSPS) is 10.7. The molecule has 1 aromatic carbocycles. The van der Waals surface area contributed by atoms with E-state index in [1.54, 1.807) is 0 Å². The predicted molar refractivity (Wildman–Crippen MR) is 66.5 cm³/mol. The molecular formula is C14H18N2. The lowest BCUT2D eigenvalue weighted by molar-refractivity contribution is 0.900. The fraction of sp³-hybridized carbons (Fsp3) is 0.357. The number of rotatable bonds is 3. The van der Waals surface area contributed by atoms with Gasteiger partial charge in [0.1, 0.15) is 0 Å². The lowest BCUT2D eigenvalue weighted by Gasteiger charge is -2.07. The average Bonchev–Trinajstić information content (AvgIpc) is 2.67. The zero-order chi connectivity index (χ0) is 11.5. The second-order valence-corrected chi connectivity index (χ2v) is 4.39. The van der Waals surface area contributed by atoms with Crippen LogP contribution in [0.15, 0.2) is 30.7 Å².